The third-order valence-corrected chi connectivity index (χ3v) is 3.23. The highest BCUT2D eigenvalue weighted by atomic mass is 19.4. The fourth-order valence-electron chi connectivity index (χ4n) is 2.06. The first kappa shape index (κ1) is 13.8. The number of aliphatic carboxylic acids is 1. The smallest absolute Gasteiger partial charge is 0.406 e. The number of carbonyl (C=O) groups is 1. The third kappa shape index (κ3) is 2.22. The van der Waals surface area contributed by atoms with Crippen LogP contribution in [0.25, 0.3) is 0 Å². The Morgan fingerprint density at radius 3 is 2.53 bits per heavy atom. The summed E-state index contributed by atoms with van der Waals surface area (Å²) in [5.41, 5.74) is -2.72. The number of likely N-dealkylation sites (tertiary alicyclic amines) is 1. The van der Waals surface area contributed by atoms with Crippen LogP contribution in [0.4, 0.5) is 13.2 Å². The van der Waals surface area contributed by atoms with Crippen molar-refractivity contribution in [3.8, 4) is 6.07 Å². The second-order valence-electron chi connectivity index (χ2n) is 4.16. The lowest BCUT2D eigenvalue weighted by Gasteiger charge is -2.28. The van der Waals surface area contributed by atoms with E-state index in [1.54, 1.807) is 6.92 Å². The van der Waals surface area contributed by atoms with Gasteiger partial charge in [-0.2, -0.15) is 18.4 Å². The molecule has 0 aromatic heterocycles. The first-order chi connectivity index (χ1) is 7.78. The highest BCUT2D eigenvalue weighted by Gasteiger charge is 2.64. The Balaban J connectivity index is 2.95. The zero-order chi connectivity index (χ0) is 13.3. The molecule has 1 N–H and O–H groups in total. The number of nitriles is 1. The topological polar surface area (TPSA) is 64.3 Å². The van der Waals surface area contributed by atoms with Crippen molar-refractivity contribution in [2.24, 2.45) is 5.41 Å². The predicted molar refractivity (Wildman–Crippen MR) is 52.0 cm³/mol. The number of hydrogen-bond donors (Lipinski definition) is 1. The van der Waals surface area contributed by atoms with Crippen LogP contribution in [0.3, 0.4) is 0 Å². The van der Waals surface area contributed by atoms with Crippen LogP contribution in [0.5, 0.6) is 0 Å². The maximum absolute atomic E-state index is 12.8. The Hall–Kier alpha value is -1.29. The van der Waals surface area contributed by atoms with Crippen molar-refractivity contribution in [2.75, 3.05) is 13.1 Å². The van der Waals surface area contributed by atoms with Crippen molar-refractivity contribution in [3.05, 3.63) is 0 Å². The summed E-state index contributed by atoms with van der Waals surface area (Å²) in [6.07, 6.45) is -4.91. The molecule has 0 radical (unpaired) electrons. The Labute approximate surface area is 96.6 Å². The highest BCUT2D eigenvalue weighted by molar-refractivity contribution is 5.76. The molecule has 0 saturated carbocycles. The Kier molecular flexibility index (Phi) is 3.67. The number of hydrogen-bond acceptors (Lipinski definition) is 3. The normalized spacial score (nSPS) is 27.7. The molecule has 7 heteroatoms. The lowest BCUT2D eigenvalue weighted by Crippen LogP contribution is -2.48. The molecule has 0 spiro atoms. The van der Waals surface area contributed by atoms with E-state index in [0.717, 1.165) is 0 Å². The minimum atomic E-state index is -4.79. The number of carboxylic acids is 1. The molecule has 1 fully saturated rings. The van der Waals surface area contributed by atoms with Gasteiger partial charge in [0.15, 0.2) is 5.41 Å². The lowest BCUT2D eigenvalue weighted by atomic mass is 9.86. The van der Waals surface area contributed by atoms with Gasteiger partial charge in [-0.25, -0.2) is 0 Å². The van der Waals surface area contributed by atoms with Gasteiger partial charge in [-0.15, -0.1) is 0 Å². The fourth-order valence-corrected chi connectivity index (χ4v) is 2.06. The summed E-state index contributed by atoms with van der Waals surface area (Å²) in [5.74, 6) is -1.86. The molecule has 4 nitrogen and oxygen atoms in total. The van der Waals surface area contributed by atoms with E-state index in [2.05, 4.69) is 0 Å². The molecule has 1 heterocycles. The van der Waals surface area contributed by atoms with Crippen LogP contribution in [-0.4, -0.2) is 41.3 Å². The van der Waals surface area contributed by atoms with Crippen molar-refractivity contribution in [3.63, 3.8) is 0 Å². The number of alkyl halides is 3. The molecule has 1 rings (SSSR count). The summed E-state index contributed by atoms with van der Waals surface area (Å²) in [7, 11) is 0. The zero-order valence-electron chi connectivity index (χ0n) is 9.29. The maximum Gasteiger partial charge on any atom is 0.406 e. The minimum Gasteiger partial charge on any atom is -0.481 e. The molecule has 96 valence electrons. The van der Waals surface area contributed by atoms with E-state index in [4.69, 9.17) is 10.4 Å². The first-order valence-electron chi connectivity index (χ1n) is 5.22. The molecule has 0 aliphatic carbocycles. The largest absolute Gasteiger partial charge is 0.481 e. The van der Waals surface area contributed by atoms with Gasteiger partial charge in [0, 0.05) is 13.1 Å². The number of halogens is 3. The average Bonchev–Trinajstić information content (AvgIpc) is 2.65. The van der Waals surface area contributed by atoms with Crippen molar-refractivity contribution >= 4 is 5.97 Å². The van der Waals surface area contributed by atoms with Crippen LogP contribution in [0.1, 0.15) is 19.8 Å². The van der Waals surface area contributed by atoms with Gasteiger partial charge < -0.3 is 5.11 Å². The average molecular weight is 250 g/mol. The van der Waals surface area contributed by atoms with E-state index in [-0.39, 0.29) is 6.54 Å². The van der Waals surface area contributed by atoms with Crippen molar-refractivity contribution in [1.82, 2.24) is 4.90 Å². The van der Waals surface area contributed by atoms with E-state index >= 15 is 0 Å². The van der Waals surface area contributed by atoms with E-state index in [9.17, 15) is 18.0 Å². The molecule has 2 atom stereocenters. The Bertz CT molecular complexity index is 350. The summed E-state index contributed by atoms with van der Waals surface area (Å²) in [6.45, 7) is 1.03. The summed E-state index contributed by atoms with van der Waals surface area (Å²) in [4.78, 5) is 12.2. The summed E-state index contributed by atoms with van der Waals surface area (Å²) in [6, 6.07) is 1.23. The second-order valence-corrected chi connectivity index (χ2v) is 4.16. The van der Waals surface area contributed by atoms with Gasteiger partial charge >= 0.3 is 12.1 Å². The highest BCUT2D eigenvalue weighted by Crippen LogP contribution is 2.46. The van der Waals surface area contributed by atoms with Gasteiger partial charge in [-0.1, -0.05) is 6.92 Å². The van der Waals surface area contributed by atoms with Crippen LogP contribution in [0.15, 0.2) is 0 Å². The molecular weight excluding hydrogens is 237 g/mol. The Morgan fingerprint density at radius 1 is 1.65 bits per heavy atom. The number of rotatable bonds is 3. The summed E-state index contributed by atoms with van der Waals surface area (Å²) < 4.78 is 38.5. The predicted octanol–water partition coefficient (Wildman–Crippen LogP) is 1.63. The third-order valence-electron chi connectivity index (χ3n) is 3.23. The van der Waals surface area contributed by atoms with Gasteiger partial charge in [0.25, 0.3) is 0 Å². The molecule has 1 saturated heterocycles. The molecule has 1 aliphatic rings. The van der Waals surface area contributed by atoms with Crippen LogP contribution in [0.2, 0.25) is 0 Å². The minimum absolute atomic E-state index is 0.0160. The van der Waals surface area contributed by atoms with E-state index in [1.807, 2.05) is 6.07 Å². The fraction of sp³-hybridized carbons (Fsp3) is 0.800. The van der Waals surface area contributed by atoms with E-state index in [0.29, 0.717) is 6.42 Å². The first-order valence-corrected chi connectivity index (χ1v) is 5.22. The second kappa shape index (κ2) is 4.53. The van der Waals surface area contributed by atoms with E-state index in [1.165, 1.54) is 4.90 Å². The monoisotopic (exact) mass is 250 g/mol. The zero-order valence-corrected chi connectivity index (χ0v) is 9.29. The molecule has 1 aliphatic heterocycles. The standard InChI is InChI=1S/C10H13F3N2O2/c1-2-7(5-14)15-4-3-9(6-15,8(16)17)10(11,12)13/h7H,2-4,6H2,1H3,(H,16,17). The quantitative estimate of drug-likeness (QED) is 0.826. The van der Waals surface area contributed by atoms with Crippen LogP contribution in [0, 0.1) is 16.7 Å². The van der Waals surface area contributed by atoms with E-state index < -0.39 is 36.6 Å². The summed E-state index contributed by atoms with van der Waals surface area (Å²) in [5, 5.41) is 17.6. The lowest BCUT2D eigenvalue weighted by molar-refractivity contribution is -0.227. The van der Waals surface area contributed by atoms with Gasteiger partial charge in [-0.05, 0) is 12.8 Å². The van der Waals surface area contributed by atoms with Crippen molar-refractivity contribution < 1.29 is 23.1 Å². The van der Waals surface area contributed by atoms with Crippen molar-refractivity contribution in [2.45, 2.75) is 32.0 Å². The molecular formula is C10H13F3N2O2. The van der Waals surface area contributed by atoms with Crippen LogP contribution >= 0.6 is 0 Å². The number of nitrogens with zero attached hydrogens (tertiary/aromatic N) is 2. The Morgan fingerprint density at radius 2 is 2.24 bits per heavy atom. The van der Waals surface area contributed by atoms with Gasteiger partial charge in [0.05, 0.1) is 12.1 Å². The van der Waals surface area contributed by atoms with Gasteiger partial charge in [0.1, 0.15) is 0 Å². The van der Waals surface area contributed by atoms with Gasteiger partial charge in [-0.3, -0.25) is 9.69 Å². The van der Waals surface area contributed by atoms with Gasteiger partial charge in [0.2, 0.25) is 0 Å². The molecule has 0 bridgehead atoms. The molecule has 0 amide bonds. The SMILES string of the molecule is CCC(C#N)N1CCC(C(=O)O)(C(F)(F)F)C1. The maximum atomic E-state index is 12.8. The summed E-state index contributed by atoms with van der Waals surface area (Å²) >= 11 is 0. The molecule has 2 unspecified atom stereocenters. The van der Waals surface area contributed by atoms with Crippen molar-refractivity contribution in [1.29, 1.82) is 5.26 Å². The molecule has 17 heavy (non-hydrogen) atoms. The molecule has 0 aromatic carbocycles. The van der Waals surface area contributed by atoms with Crippen LogP contribution in [-0.2, 0) is 4.79 Å². The number of carboxylic acid groups (broad SMARTS) is 1. The van der Waals surface area contributed by atoms with Crippen LogP contribution < -0.4 is 0 Å². The molecule has 0 aromatic rings.